The van der Waals surface area contributed by atoms with Crippen molar-refractivity contribution in [3.05, 3.63) is 11.7 Å². The van der Waals surface area contributed by atoms with Gasteiger partial charge in [-0.05, 0) is 6.92 Å². The monoisotopic (exact) mass is 215 g/mol. The van der Waals surface area contributed by atoms with Crippen LogP contribution in [0.4, 0.5) is 0 Å². The molecule has 0 aromatic carbocycles. The summed E-state index contributed by atoms with van der Waals surface area (Å²) in [4.78, 5) is 3.79. The summed E-state index contributed by atoms with van der Waals surface area (Å²) in [5.74, 6) is 0.232. The Hall–Kier alpha value is -1.42. The molecule has 0 saturated carbocycles. The number of hydrogen-bond donors (Lipinski definition) is 0. The van der Waals surface area contributed by atoms with Crippen molar-refractivity contribution >= 4 is 9.84 Å². The highest BCUT2D eigenvalue weighted by Gasteiger charge is 2.22. The number of hydrogen-bond acceptors (Lipinski definition) is 6. The van der Waals surface area contributed by atoms with Crippen molar-refractivity contribution in [3.63, 3.8) is 0 Å². The Morgan fingerprint density at radius 2 is 2.29 bits per heavy atom. The second-order valence-corrected chi connectivity index (χ2v) is 5.22. The summed E-state index contributed by atoms with van der Waals surface area (Å²) in [6, 6.07) is 1.83. The molecule has 1 aromatic heterocycles. The van der Waals surface area contributed by atoms with Crippen LogP contribution in [0.15, 0.2) is 4.52 Å². The number of nitriles is 1. The molecule has 1 heterocycles. The van der Waals surface area contributed by atoms with Crippen LogP contribution in [0.1, 0.15) is 23.9 Å². The third-order valence-corrected chi connectivity index (χ3v) is 3.22. The van der Waals surface area contributed by atoms with E-state index < -0.39 is 15.1 Å². The molecule has 1 unspecified atom stereocenters. The Balaban J connectivity index is 2.94. The zero-order chi connectivity index (χ0) is 10.8. The largest absolute Gasteiger partial charge is 0.338 e. The van der Waals surface area contributed by atoms with Crippen molar-refractivity contribution in [1.82, 2.24) is 10.1 Å². The van der Waals surface area contributed by atoms with E-state index in [0.717, 1.165) is 6.26 Å². The third-order valence-electron chi connectivity index (χ3n) is 1.72. The maximum atomic E-state index is 11.1. The van der Waals surface area contributed by atoms with Gasteiger partial charge in [-0.1, -0.05) is 5.16 Å². The zero-order valence-electron chi connectivity index (χ0n) is 7.76. The van der Waals surface area contributed by atoms with Gasteiger partial charge in [0.25, 0.3) is 0 Å². The van der Waals surface area contributed by atoms with Crippen LogP contribution in [0.3, 0.4) is 0 Å². The van der Waals surface area contributed by atoms with Gasteiger partial charge in [-0.2, -0.15) is 10.2 Å². The van der Waals surface area contributed by atoms with Crippen molar-refractivity contribution < 1.29 is 12.9 Å². The van der Waals surface area contributed by atoms with Crippen molar-refractivity contribution in [2.24, 2.45) is 0 Å². The van der Waals surface area contributed by atoms with E-state index in [9.17, 15) is 8.42 Å². The molecule has 1 aromatic rings. The Morgan fingerprint density at radius 3 is 2.79 bits per heavy atom. The van der Waals surface area contributed by atoms with Crippen molar-refractivity contribution in [3.8, 4) is 6.07 Å². The minimum absolute atomic E-state index is 0.0104. The summed E-state index contributed by atoms with van der Waals surface area (Å²) in [5.41, 5.74) is 0. The molecular formula is C7H9N3O3S. The maximum absolute atomic E-state index is 11.1. The van der Waals surface area contributed by atoms with Crippen LogP contribution in [0.2, 0.25) is 0 Å². The summed E-state index contributed by atoms with van der Waals surface area (Å²) in [6.07, 6.45) is 1.08. The van der Waals surface area contributed by atoms with Crippen LogP contribution in [0.5, 0.6) is 0 Å². The Kier molecular flexibility index (Phi) is 2.86. The average Bonchev–Trinajstić information content (AvgIpc) is 2.50. The number of rotatable bonds is 3. The molecule has 0 aliphatic rings. The van der Waals surface area contributed by atoms with Gasteiger partial charge in [0.1, 0.15) is 11.7 Å². The first-order valence-electron chi connectivity index (χ1n) is 3.83. The van der Waals surface area contributed by atoms with Gasteiger partial charge in [0, 0.05) is 6.26 Å². The molecule has 1 atom stereocenters. The minimum Gasteiger partial charge on any atom is -0.338 e. The number of sulfone groups is 1. The minimum atomic E-state index is -3.23. The first-order chi connectivity index (χ1) is 6.45. The third kappa shape index (κ3) is 2.29. The summed E-state index contributed by atoms with van der Waals surface area (Å²) in [7, 11) is -3.23. The van der Waals surface area contributed by atoms with Crippen LogP contribution in [0.25, 0.3) is 0 Å². The lowest BCUT2D eigenvalue weighted by atomic mass is 10.4. The van der Waals surface area contributed by atoms with Crippen molar-refractivity contribution in [1.29, 1.82) is 5.26 Å². The lowest BCUT2D eigenvalue weighted by molar-refractivity contribution is 0.381. The quantitative estimate of drug-likeness (QED) is 0.716. The molecule has 14 heavy (non-hydrogen) atoms. The molecule has 0 aliphatic carbocycles. The Bertz CT molecular complexity index is 457. The van der Waals surface area contributed by atoms with Gasteiger partial charge in [-0.3, -0.25) is 0 Å². The molecule has 0 amide bonds. The molecule has 7 heteroatoms. The van der Waals surface area contributed by atoms with E-state index in [-0.39, 0.29) is 18.1 Å². The Labute approximate surface area is 81.5 Å². The van der Waals surface area contributed by atoms with E-state index in [4.69, 9.17) is 5.26 Å². The van der Waals surface area contributed by atoms with Gasteiger partial charge < -0.3 is 4.52 Å². The topological polar surface area (TPSA) is 96.8 Å². The maximum Gasteiger partial charge on any atom is 0.240 e. The molecule has 0 spiro atoms. The molecule has 76 valence electrons. The number of aromatic nitrogens is 2. The highest BCUT2D eigenvalue weighted by Crippen LogP contribution is 2.17. The normalized spacial score (nSPS) is 13.5. The van der Waals surface area contributed by atoms with Crippen LogP contribution >= 0.6 is 0 Å². The molecule has 1 rings (SSSR count). The van der Waals surface area contributed by atoms with E-state index in [2.05, 4.69) is 14.7 Å². The first-order valence-corrected chi connectivity index (χ1v) is 5.79. The average molecular weight is 215 g/mol. The van der Waals surface area contributed by atoms with Gasteiger partial charge in [0.2, 0.25) is 5.89 Å². The van der Waals surface area contributed by atoms with E-state index in [1.54, 1.807) is 0 Å². The van der Waals surface area contributed by atoms with Gasteiger partial charge in [-0.15, -0.1) is 0 Å². The molecule has 0 fully saturated rings. The predicted molar refractivity (Wildman–Crippen MR) is 46.9 cm³/mol. The van der Waals surface area contributed by atoms with Crippen molar-refractivity contribution in [2.75, 3.05) is 6.26 Å². The smallest absolute Gasteiger partial charge is 0.240 e. The lowest BCUT2D eigenvalue weighted by Crippen LogP contribution is -2.09. The summed E-state index contributed by atoms with van der Waals surface area (Å²) >= 11 is 0. The standard InChI is InChI=1S/C7H9N3O3S/c1-5(14(2,11)12)7-9-6(3-4-8)13-10-7/h5H,3H2,1-2H3. The van der Waals surface area contributed by atoms with E-state index in [1.807, 2.05) is 6.07 Å². The van der Waals surface area contributed by atoms with Gasteiger partial charge in [0.15, 0.2) is 15.7 Å². The zero-order valence-corrected chi connectivity index (χ0v) is 8.58. The van der Waals surface area contributed by atoms with E-state index in [1.165, 1.54) is 6.92 Å². The SMILES string of the molecule is CC(c1noc(CC#N)n1)S(C)(=O)=O. The van der Waals surface area contributed by atoms with Gasteiger partial charge in [-0.25, -0.2) is 8.42 Å². The second-order valence-electron chi connectivity index (χ2n) is 2.85. The first kappa shape index (κ1) is 10.7. The van der Waals surface area contributed by atoms with Crippen LogP contribution in [-0.4, -0.2) is 24.8 Å². The molecular weight excluding hydrogens is 206 g/mol. The number of nitrogens with zero attached hydrogens (tertiary/aromatic N) is 3. The van der Waals surface area contributed by atoms with Crippen LogP contribution in [0, 0.1) is 11.3 Å². The van der Waals surface area contributed by atoms with E-state index in [0.29, 0.717) is 0 Å². The Morgan fingerprint density at radius 1 is 1.64 bits per heavy atom. The highest BCUT2D eigenvalue weighted by molar-refractivity contribution is 7.90. The molecule has 0 saturated heterocycles. The summed E-state index contributed by atoms with van der Waals surface area (Å²) in [6.45, 7) is 1.47. The van der Waals surface area contributed by atoms with Gasteiger partial charge >= 0.3 is 0 Å². The molecule has 6 nitrogen and oxygen atoms in total. The van der Waals surface area contributed by atoms with Crippen LogP contribution in [-0.2, 0) is 16.3 Å². The van der Waals surface area contributed by atoms with Gasteiger partial charge in [0.05, 0.1) is 6.07 Å². The highest BCUT2D eigenvalue weighted by atomic mass is 32.2. The fraction of sp³-hybridized carbons (Fsp3) is 0.571. The molecule has 0 N–H and O–H groups in total. The van der Waals surface area contributed by atoms with E-state index >= 15 is 0 Å². The molecule has 0 radical (unpaired) electrons. The summed E-state index contributed by atoms with van der Waals surface area (Å²) in [5, 5.41) is 11.0. The van der Waals surface area contributed by atoms with Crippen LogP contribution < -0.4 is 0 Å². The molecule has 0 bridgehead atoms. The fourth-order valence-corrected chi connectivity index (χ4v) is 1.24. The fourth-order valence-electron chi connectivity index (χ4n) is 0.764. The van der Waals surface area contributed by atoms with Crippen molar-refractivity contribution in [2.45, 2.75) is 18.6 Å². The predicted octanol–water partition coefficient (Wildman–Crippen LogP) is 0.241. The molecule has 0 aliphatic heterocycles. The second kappa shape index (κ2) is 3.75. The lowest BCUT2D eigenvalue weighted by Gasteiger charge is -2.01. The summed E-state index contributed by atoms with van der Waals surface area (Å²) < 4.78 is 26.9.